The van der Waals surface area contributed by atoms with E-state index >= 15 is 0 Å². The van der Waals surface area contributed by atoms with Gasteiger partial charge in [0.05, 0.1) is 18.9 Å². The van der Waals surface area contributed by atoms with Crippen molar-refractivity contribution >= 4 is 29.7 Å². The first kappa shape index (κ1) is 25.8. The smallest absolute Gasteiger partial charge is 0.343 e. The number of rotatable bonds is 8. The summed E-state index contributed by atoms with van der Waals surface area (Å²) >= 11 is 0. The van der Waals surface area contributed by atoms with E-state index in [4.69, 9.17) is 9.47 Å². The van der Waals surface area contributed by atoms with Crippen LogP contribution in [0.25, 0.3) is 0 Å². The van der Waals surface area contributed by atoms with E-state index < -0.39 is 11.9 Å². The van der Waals surface area contributed by atoms with Crippen LogP contribution in [0.1, 0.15) is 42.2 Å². The van der Waals surface area contributed by atoms with Gasteiger partial charge in [0, 0.05) is 16.8 Å². The number of aryl methyl sites for hydroxylation is 1. The number of amides is 2. The molecule has 0 saturated heterocycles. The second-order valence-corrected chi connectivity index (χ2v) is 8.27. The van der Waals surface area contributed by atoms with Crippen molar-refractivity contribution in [2.75, 3.05) is 12.4 Å². The number of nitrogens with one attached hydrogen (secondary N) is 2. The second kappa shape index (κ2) is 12.1. The SMILES string of the molecule is COc1cc(C=NNC(=O)c2cccc(NC(=O)c3cccc(C)c3)c2)ccc1OC(=O)c1ccccc1. The molecule has 0 fully saturated rings. The number of anilines is 1. The summed E-state index contributed by atoms with van der Waals surface area (Å²) in [6.45, 7) is 1.91. The van der Waals surface area contributed by atoms with Crippen molar-refractivity contribution in [2.45, 2.75) is 6.92 Å². The quantitative estimate of drug-likeness (QED) is 0.147. The molecular formula is C30H25N3O5. The number of esters is 1. The molecule has 0 spiro atoms. The zero-order valence-electron chi connectivity index (χ0n) is 20.8. The highest BCUT2D eigenvalue weighted by molar-refractivity contribution is 6.05. The third-order valence-corrected chi connectivity index (χ3v) is 5.44. The van der Waals surface area contributed by atoms with Crippen LogP contribution in [0.3, 0.4) is 0 Å². The van der Waals surface area contributed by atoms with Crippen molar-refractivity contribution < 1.29 is 23.9 Å². The number of nitrogens with zero attached hydrogens (tertiary/aromatic N) is 1. The maximum atomic E-state index is 12.6. The lowest BCUT2D eigenvalue weighted by molar-refractivity contribution is 0.0729. The largest absolute Gasteiger partial charge is 0.493 e. The van der Waals surface area contributed by atoms with Crippen LogP contribution in [-0.4, -0.2) is 31.1 Å². The van der Waals surface area contributed by atoms with Gasteiger partial charge in [-0.1, -0.05) is 42.0 Å². The van der Waals surface area contributed by atoms with Gasteiger partial charge in [-0.3, -0.25) is 9.59 Å². The average Bonchev–Trinajstić information content (AvgIpc) is 2.94. The van der Waals surface area contributed by atoms with Crippen molar-refractivity contribution in [2.24, 2.45) is 5.10 Å². The molecule has 8 nitrogen and oxygen atoms in total. The van der Waals surface area contributed by atoms with Gasteiger partial charge < -0.3 is 14.8 Å². The van der Waals surface area contributed by atoms with Crippen molar-refractivity contribution in [3.05, 3.63) is 125 Å². The standard InChI is InChI=1S/C30H25N3O5/c1-20-8-6-11-23(16-20)28(34)32-25-13-7-12-24(18-25)29(35)33-31-19-21-14-15-26(27(17-21)37-2)38-30(36)22-9-4-3-5-10-22/h3-19H,1-2H3,(H,32,34)(H,33,35). The molecule has 0 unspecified atom stereocenters. The first-order valence-corrected chi connectivity index (χ1v) is 11.7. The molecule has 0 heterocycles. The lowest BCUT2D eigenvalue weighted by Gasteiger charge is -2.10. The molecule has 4 aromatic carbocycles. The normalized spacial score (nSPS) is 10.6. The van der Waals surface area contributed by atoms with Gasteiger partial charge >= 0.3 is 5.97 Å². The first-order valence-electron chi connectivity index (χ1n) is 11.7. The molecule has 0 radical (unpaired) electrons. The number of benzene rings is 4. The molecular weight excluding hydrogens is 482 g/mol. The Labute approximate surface area is 219 Å². The number of ether oxygens (including phenoxy) is 2. The van der Waals surface area contributed by atoms with Crippen molar-refractivity contribution in [1.29, 1.82) is 0 Å². The molecule has 0 atom stereocenters. The molecule has 2 amide bonds. The number of hydrazone groups is 1. The highest BCUT2D eigenvalue weighted by atomic mass is 16.6. The number of carbonyl (C=O) groups excluding carboxylic acids is 3. The minimum Gasteiger partial charge on any atom is -0.493 e. The maximum Gasteiger partial charge on any atom is 0.343 e. The minimum atomic E-state index is -0.505. The van der Waals surface area contributed by atoms with Gasteiger partial charge in [0.25, 0.3) is 11.8 Å². The predicted molar refractivity (Wildman–Crippen MR) is 145 cm³/mol. The maximum absolute atomic E-state index is 12.6. The monoisotopic (exact) mass is 507 g/mol. The fourth-order valence-corrected chi connectivity index (χ4v) is 3.54. The summed E-state index contributed by atoms with van der Waals surface area (Å²) in [5, 5.41) is 6.80. The van der Waals surface area contributed by atoms with Gasteiger partial charge in [-0.15, -0.1) is 0 Å². The Morgan fingerprint density at radius 3 is 2.18 bits per heavy atom. The molecule has 190 valence electrons. The molecule has 0 aliphatic heterocycles. The van der Waals surface area contributed by atoms with Gasteiger partial charge in [0.1, 0.15) is 0 Å². The Morgan fingerprint density at radius 2 is 1.45 bits per heavy atom. The molecule has 0 bridgehead atoms. The molecule has 0 aliphatic carbocycles. The summed E-state index contributed by atoms with van der Waals surface area (Å²) in [7, 11) is 1.46. The Balaban J connectivity index is 1.38. The van der Waals surface area contributed by atoms with E-state index in [1.54, 1.807) is 78.9 Å². The highest BCUT2D eigenvalue weighted by Crippen LogP contribution is 2.28. The molecule has 8 heteroatoms. The number of hydrogen-bond acceptors (Lipinski definition) is 6. The summed E-state index contributed by atoms with van der Waals surface area (Å²) in [6, 6.07) is 27.3. The predicted octanol–water partition coefficient (Wildman–Crippen LogP) is 5.24. The minimum absolute atomic E-state index is 0.257. The van der Waals surface area contributed by atoms with Crippen LogP contribution in [0.4, 0.5) is 5.69 Å². The molecule has 4 aromatic rings. The highest BCUT2D eigenvalue weighted by Gasteiger charge is 2.13. The molecule has 0 aliphatic rings. The van der Waals surface area contributed by atoms with Gasteiger partial charge in [-0.25, -0.2) is 10.2 Å². The van der Waals surface area contributed by atoms with Crippen LogP contribution in [0.2, 0.25) is 0 Å². The van der Waals surface area contributed by atoms with E-state index in [-0.39, 0.29) is 11.7 Å². The molecule has 0 saturated carbocycles. The summed E-state index contributed by atoms with van der Waals surface area (Å²) < 4.78 is 10.8. The van der Waals surface area contributed by atoms with Crippen molar-refractivity contribution in [3.8, 4) is 11.5 Å². The summed E-state index contributed by atoms with van der Waals surface area (Å²) in [5.74, 6) is -0.632. The first-order chi connectivity index (χ1) is 18.4. The van der Waals surface area contributed by atoms with Gasteiger partial charge in [-0.2, -0.15) is 5.10 Å². The fourth-order valence-electron chi connectivity index (χ4n) is 3.54. The summed E-state index contributed by atoms with van der Waals surface area (Å²) in [5.41, 5.74) is 5.81. The summed E-state index contributed by atoms with van der Waals surface area (Å²) in [4.78, 5) is 37.5. The third kappa shape index (κ3) is 6.70. The van der Waals surface area contributed by atoms with Crippen molar-refractivity contribution in [1.82, 2.24) is 5.43 Å². The molecule has 0 aromatic heterocycles. The van der Waals surface area contributed by atoms with E-state index in [0.29, 0.717) is 33.7 Å². The number of carbonyl (C=O) groups is 3. The third-order valence-electron chi connectivity index (χ3n) is 5.44. The van der Waals surface area contributed by atoms with Gasteiger partial charge in [0.15, 0.2) is 11.5 Å². The van der Waals surface area contributed by atoms with Crippen molar-refractivity contribution in [3.63, 3.8) is 0 Å². The van der Waals surface area contributed by atoms with Crippen LogP contribution < -0.4 is 20.2 Å². The average molecular weight is 508 g/mol. The van der Waals surface area contributed by atoms with Crippen LogP contribution in [0, 0.1) is 6.92 Å². The lowest BCUT2D eigenvalue weighted by Crippen LogP contribution is -2.18. The van der Waals surface area contributed by atoms with Crippen LogP contribution in [-0.2, 0) is 0 Å². The topological polar surface area (TPSA) is 106 Å². The summed E-state index contributed by atoms with van der Waals surface area (Å²) in [6.07, 6.45) is 1.44. The van der Waals surface area contributed by atoms with E-state index in [1.165, 1.54) is 13.3 Å². The van der Waals surface area contributed by atoms with Gasteiger partial charge in [-0.05, 0) is 73.2 Å². The number of hydrogen-bond donors (Lipinski definition) is 2. The van der Waals surface area contributed by atoms with Crippen LogP contribution >= 0.6 is 0 Å². The van der Waals surface area contributed by atoms with E-state index in [0.717, 1.165) is 5.56 Å². The number of methoxy groups -OCH3 is 1. The van der Waals surface area contributed by atoms with Crippen LogP contribution in [0.5, 0.6) is 11.5 Å². The fraction of sp³-hybridized carbons (Fsp3) is 0.0667. The Hall–Kier alpha value is -5.24. The molecule has 2 N–H and O–H groups in total. The Kier molecular flexibility index (Phi) is 8.25. The Bertz CT molecular complexity index is 1500. The lowest BCUT2D eigenvalue weighted by atomic mass is 10.1. The molecule has 38 heavy (non-hydrogen) atoms. The zero-order valence-corrected chi connectivity index (χ0v) is 20.8. The van der Waals surface area contributed by atoms with E-state index in [2.05, 4.69) is 15.8 Å². The zero-order chi connectivity index (χ0) is 26.9. The Morgan fingerprint density at radius 1 is 0.737 bits per heavy atom. The van der Waals surface area contributed by atoms with E-state index in [1.807, 2.05) is 25.1 Å². The molecule has 4 rings (SSSR count). The van der Waals surface area contributed by atoms with E-state index in [9.17, 15) is 14.4 Å². The van der Waals surface area contributed by atoms with Crippen LogP contribution in [0.15, 0.2) is 102 Å². The second-order valence-electron chi connectivity index (χ2n) is 8.27. The van der Waals surface area contributed by atoms with Gasteiger partial charge in [0.2, 0.25) is 0 Å².